The predicted molar refractivity (Wildman–Crippen MR) is 136 cm³/mol. The number of carbonyl (C=O) groups is 2. The van der Waals surface area contributed by atoms with Crippen molar-refractivity contribution in [3.63, 3.8) is 0 Å². The van der Waals surface area contributed by atoms with Gasteiger partial charge in [0.05, 0.1) is 22.5 Å². The molecule has 0 aliphatic rings. The summed E-state index contributed by atoms with van der Waals surface area (Å²) in [5.41, 5.74) is -0.969. The van der Waals surface area contributed by atoms with Crippen LogP contribution in [0.5, 0.6) is 0 Å². The van der Waals surface area contributed by atoms with E-state index in [0.29, 0.717) is 22.0 Å². The number of hydrogen-bond acceptors (Lipinski definition) is 4. The molecule has 1 N–H and O–H groups in total. The minimum Gasteiger partial charge on any atom is -0.352 e. The van der Waals surface area contributed by atoms with Gasteiger partial charge >= 0.3 is 6.18 Å². The summed E-state index contributed by atoms with van der Waals surface area (Å²) in [4.78, 5) is 27.3. The van der Waals surface area contributed by atoms with Gasteiger partial charge in [0, 0.05) is 17.1 Å². The van der Waals surface area contributed by atoms with Crippen molar-refractivity contribution in [1.29, 1.82) is 0 Å². The number of alkyl halides is 3. The average Bonchev–Trinajstić information content (AvgIpc) is 2.75. The molecule has 0 saturated carbocycles. The molecule has 0 aliphatic carbocycles. The Labute approximate surface area is 221 Å². The number of carbonyl (C=O) groups excluding carboxylic acids is 2. The van der Waals surface area contributed by atoms with E-state index in [2.05, 4.69) is 21.2 Å². The van der Waals surface area contributed by atoms with Crippen molar-refractivity contribution in [3.05, 3.63) is 63.1 Å². The molecule has 2 aromatic rings. The van der Waals surface area contributed by atoms with Gasteiger partial charge in [-0.1, -0.05) is 39.7 Å². The van der Waals surface area contributed by atoms with Crippen LogP contribution in [0, 0.1) is 0 Å². The molecule has 36 heavy (non-hydrogen) atoms. The molecule has 0 unspecified atom stereocenters. The van der Waals surface area contributed by atoms with Crippen molar-refractivity contribution in [2.45, 2.75) is 45.6 Å². The molecule has 2 amide bonds. The molecule has 2 rings (SSSR count). The van der Waals surface area contributed by atoms with Crippen LogP contribution in [-0.4, -0.2) is 50.0 Å². The molecule has 0 fully saturated rings. The molecular weight excluding hydrogens is 587 g/mol. The van der Waals surface area contributed by atoms with Gasteiger partial charge in [0.2, 0.25) is 21.8 Å². The Morgan fingerprint density at radius 3 is 2.17 bits per heavy atom. The molecule has 0 radical (unpaired) electrons. The molecule has 2 aromatic carbocycles. The second-order valence-corrected chi connectivity index (χ2v) is 11.7. The van der Waals surface area contributed by atoms with E-state index < -0.39 is 51.9 Å². The number of hydrogen-bond donors (Lipinski definition) is 1. The van der Waals surface area contributed by atoms with Crippen LogP contribution in [-0.2, 0) is 32.3 Å². The summed E-state index contributed by atoms with van der Waals surface area (Å²) in [7, 11) is -4.25. The van der Waals surface area contributed by atoms with Gasteiger partial charge in [0.25, 0.3) is 0 Å². The van der Waals surface area contributed by atoms with Crippen LogP contribution in [0.1, 0.15) is 31.9 Å². The summed E-state index contributed by atoms with van der Waals surface area (Å²) in [5, 5.41) is 2.42. The van der Waals surface area contributed by atoms with Crippen LogP contribution >= 0.6 is 27.5 Å². The Balaban J connectivity index is 2.49. The Bertz CT molecular complexity index is 1210. The number of benzene rings is 2. The molecule has 198 valence electrons. The van der Waals surface area contributed by atoms with Crippen molar-refractivity contribution < 1.29 is 31.2 Å². The molecule has 7 nitrogen and oxygen atoms in total. The topological polar surface area (TPSA) is 86.8 Å². The number of sulfonamides is 1. The number of halogens is 5. The Morgan fingerprint density at radius 1 is 1.08 bits per heavy atom. The van der Waals surface area contributed by atoms with Crippen molar-refractivity contribution in [3.8, 4) is 0 Å². The lowest BCUT2D eigenvalue weighted by Gasteiger charge is -2.32. The highest BCUT2D eigenvalue weighted by Gasteiger charge is 2.34. The molecular formula is C23H26BrClF3N3O4S. The fourth-order valence-corrected chi connectivity index (χ4v) is 4.64. The Hall–Kier alpha value is -2.31. The quantitative estimate of drug-likeness (QED) is 0.440. The Morgan fingerprint density at radius 2 is 1.67 bits per heavy atom. The third-order valence-electron chi connectivity index (χ3n) is 5.09. The van der Waals surface area contributed by atoms with Crippen LogP contribution in [0.4, 0.5) is 18.9 Å². The second kappa shape index (κ2) is 11.8. The summed E-state index contributed by atoms with van der Waals surface area (Å²) >= 11 is 9.37. The van der Waals surface area contributed by atoms with Crippen LogP contribution in [0.3, 0.4) is 0 Å². The maximum absolute atomic E-state index is 13.4. The van der Waals surface area contributed by atoms with Crippen LogP contribution < -0.4 is 9.62 Å². The average molecular weight is 613 g/mol. The van der Waals surface area contributed by atoms with Gasteiger partial charge in [-0.25, -0.2) is 8.42 Å². The highest BCUT2D eigenvalue weighted by Crippen LogP contribution is 2.36. The molecule has 0 bridgehead atoms. The second-order valence-electron chi connectivity index (χ2n) is 8.42. The van der Waals surface area contributed by atoms with Gasteiger partial charge in [0.15, 0.2) is 0 Å². The third kappa shape index (κ3) is 8.10. The van der Waals surface area contributed by atoms with Gasteiger partial charge in [-0.2, -0.15) is 13.2 Å². The smallest absolute Gasteiger partial charge is 0.352 e. The van der Waals surface area contributed by atoms with E-state index in [9.17, 15) is 31.2 Å². The van der Waals surface area contributed by atoms with E-state index in [1.54, 1.807) is 38.1 Å². The van der Waals surface area contributed by atoms with E-state index in [4.69, 9.17) is 11.6 Å². The molecule has 0 aromatic heterocycles. The van der Waals surface area contributed by atoms with Crippen molar-refractivity contribution in [2.24, 2.45) is 0 Å². The zero-order valence-electron chi connectivity index (χ0n) is 19.9. The normalized spacial score (nSPS) is 12.8. The van der Waals surface area contributed by atoms with Gasteiger partial charge in [-0.3, -0.25) is 13.9 Å². The highest BCUT2D eigenvalue weighted by molar-refractivity contribution is 9.10. The molecule has 0 saturated heterocycles. The van der Waals surface area contributed by atoms with Gasteiger partial charge in [-0.05, 0) is 56.7 Å². The number of amides is 2. The highest BCUT2D eigenvalue weighted by atomic mass is 79.9. The summed E-state index contributed by atoms with van der Waals surface area (Å²) in [6.07, 6.45) is -4.01. The lowest BCUT2D eigenvalue weighted by atomic mass is 10.1. The van der Waals surface area contributed by atoms with Crippen LogP contribution in [0.25, 0.3) is 0 Å². The van der Waals surface area contributed by atoms with E-state index >= 15 is 0 Å². The summed E-state index contributed by atoms with van der Waals surface area (Å²) < 4.78 is 66.3. The van der Waals surface area contributed by atoms with E-state index in [0.717, 1.165) is 16.8 Å². The monoisotopic (exact) mass is 611 g/mol. The van der Waals surface area contributed by atoms with Crippen molar-refractivity contribution in [2.75, 3.05) is 17.1 Å². The summed E-state index contributed by atoms with van der Waals surface area (Å²) in [6.45, 7) is 4.05. The number of rotatable bonds is 9. The van der Waals surface area contributed by atoms with E-state index in [-0.39, 0.29) is 17.6 Å². The van der Waals surface area contributed by atoms with Crippen molar-refractivity contribution >= 4 is 55.1 Å². The predicted octanol–water partition coefficient (Wildman–Crippen LogP) is 4.83. The van der Waals surface area contributed by atoms with Crippen molar-refractivity contribution in [1.82, 2.24) is 10.2 Å². The number of nitrogens with zero attached hydrogens (tertiary/aromatic N) is 2. The SMILES string of the molecule is CC(C)NC(=O)[C@@H](C)N(Cc1ccc(Br)cc1)C(=O)CN(c1cc(C(F)(F)F)ccc1Cl)S(C)(=O)=O. The summed E-state index contributed by atoms with van der Waals surface area (Å²) in [5.74, 6) is -1.28. The van der Waals surface area contributed by atoms with E-state index in [1.807, 2.05) is 0 Å². The number of anilines is 1. The molecule has 1 atom stereocenters. The first kappa shape index (κ1) is 29.9. The number of nitrogens with one attached hydrogen (secondary N) is 1. The maximum Gasteiger partial charge on any atom is 0.416 e. The fourth-order valence-electron chi connectivity index (χ4n) is 3.25. The first-order chi connectivity index (χ1) is 16.5. The zero-order chi connectivity index (χ0) is 27.4. The lowest BCUT2D eigenvalue weighted by Crippen LogP contribution is -2.52. The van der Waals surface area contributed by atoms with Crippen LogP contribution in [0.15, 0.2) is 46.9 Å². The molecule has 0 spiro atoms. The lowest BCUT2D eigenvalue weighted by molar-refractivity contribution is -0.139. The molecule has 13 heteroatoms. The first-order valence-corrected chi connectivity index (χ1v) is 13.7. The van der Waals surface area contributed by atoms with Crippen LogP contribution in [0.2, 0.25) is 5.02 Å². The Kier molecular flexibility index (Phi) is 9.83. The van der Waals surface area contributed by atoms with Gasteiger partial charge < -0.3 is 10.2 Å². The third-order valence-corrected chi connectivity index (χ3v) is 7.06. The summed E-state index contributed by atoms with van der Waals surface area (Å²) in [6, 6.07) is 7.88. The first-order valence-electron chi connectivity index (χ1n) is 10.7. The molecule has 0 heterocycles. The van der Waals surface area contributed by atoms with Gasteiger partial charge in [-0.15, -0.1) is 0 Å². The maximum atomic E-state index is 13.4. The molecule has 0 aliphatic heterocycles. The largest absolute Gasteiger partial charge is 0.416 e. The fraction of sp³-hybridized carbons (Fsp3) is 0.391. The standard InChI is InChI=1S/C23H26BrClF3N3O4S/c1-14(2)29-22(33)15(3)30(12-16-5-8-18(24)9-6-16)21(32)13-31(36(4,34)35)20-11-17(23(26,27)28)7-10-19(20)25/h5-11,14-15H,12-13H2,1-4H3,(H,29,33)/t15-/m1/s1. The minimum absolute atomic E-state index is 0.0489. The minimum atomic E-state index is -4.76. The van der Waals surface area contributed by atoms with E-state index in [1.165, 1.54) is 11.8 Å². The van der Waals surface area contributed by atoms with Gasteiger partial charge in [0.1, 0.15) is 12.6 Å². The zero-order valence-corrected chi connectivity index (χ0v) is 23.1.